The second-order valence-electron chi connectivity index (χ2n) is 7.23. The van der Waals surface area contributed by atoms with Gasteiger partial charge in [0.1, 0.15) is 9.84 Å². The van der Waals surface area contributed by atoms with Crippen LogP contribution in [0.25, 0.3) is 10.9 Å². The minimum atomic E-state index is -2.86. The van der Waals surface area contributed by atoms with E-state index in [1.54, 1.807) is 0 Å². The van der Waals surface area contributed by atoms with Crippen LogP contribution in [-0.4, -0.2) is 62.1 Å². The Kier molecular flexibility index (Phi) is 5.81. The summed E-state index contributed by atoms with van der Waals surface area (Å²) in [5, 5.41) is 5.03. The first kappa shape index (κ1) is 18.4. The Labute approximate surface area is 150 Å². The lowest BCUT2D eigenvalue weighted by Crippen LogP contribution is -2.44. The summed E-state index contributed by atoms with van der Waals surface area (Å²) in [4.78, 5) is 2.27. The lowest BCUT2D eigenvalue weighted by atomic mass is 10.0. The van der Waals surface area contributed by atoms with E-state index in [1.165, 1.54) is 22.7 Å². The smallest absolute Gasteiger partial charge is 0.148 e. The van der Waals surface area contributed by atoms with E-state index in [1.807, 2.05) is 0 Å². The van der Waals surface area contributed by atoms with Gasteiger partial charge < -0.3 is 14.8 Å². The number of hydrogen-bond acceptors (Lipinski definition) is 4. The summed E-state index contributed by atoms with van der Waals surface area (Å²) in [6.45, 7) is 3.63. The van der Waals surface area contributed by atoms with E-state index in [4.69, 9.17) is 0 Å². The number of likely N-dealkylation sites (tertiary alicyclic amines) is 1. The molecule has 0 saturated carbocycles. The van der Waals surface area contributed by atoms with E-state index in [0.717, 1.165) is 38.9 Å². The molecule has 1 aliphatic heterocycles. The molecule has 1 saturated heterocycles. The molecule has 0 bridgehead atoms. The van der Waals surface area contributed by atoms with E-state index in [-0.39, 0.29) is 5.75 Å². The molecule has 2 aromatic rings. The highest BCUT2D eigenvalue weighted by molar-refractivity contribution is 7.90. The maximum absolute atomic E-state index is 11.3. The van der Waals surface area contributed by atoms with Crippen molar-refractivity contribution in [3.8, 4) is 0 Å². The van der Waals surface area contributed by atoms with Gasteiger partial charge in [0.2, 0.25) is 0 Å². The molecule has 1 fully saturated rings. The van der Waals surface area contributed by atoms with Gasteiger partial charge in [0.15, 0.2) is 0 Å². The summed E-state index contributed by atoms with van der Waals surface area (Å²) >= 11 is 0. The summed E-state index contributed by atoms with van der Waals surface area (Å²) < 4.78 is 24.7. The van der Waals surface area contributed by atoms with Crippen molar-refractivity contribution in [2.45, 2.75) is 25.3 Å². The Hall–Kier alpha value is -1.37. The first-order chi connectivity index (χ1) is 11.9. The van der Waals surface area contributed by atoms with Gasteiger partial charge in [-0.05, 0) is 50.5 Å². The number of aryl methyl sites for hydroxylation is 1. The minimum Gasteiger partial charge on any atom is -0.350 e. The second kappa shape index (κ2) is 7.89. The molecule has 2 heterocycles. The first-order valence-electron chi connectivity index (χ1n) is 9.09. The molecule has 6 heteroatoms. The van der Waals surface area contributed by atoms with Crippen LogP contribution >= 0.6 is 0 Å². The molecule has 3 rings (SSSR count). The van der Waals surface area contributed by atoms with Crippen LogP contribution < -0.4 is 5.32 Å². The van der Waals surface area contributed by atoms with Gasteiger partial charge in [-0.2, -0.15) is 0 Å². The van der Waals surface area contributed by atoms with Crippen LogP contribution in [0.3, 0.4) is 0 Å². The number of hydrogen-bond donors (Lipinski definition) is 1. The average Bonchev–Trinajstić information content (AvgIpc) is 2.90. The predicted molar refractivity (Wildman–Crippen MR) is 104 cm³/mol. The van der Waals surface area contributed by atoms with Gasteiger partial charge in [-0.3, -0.25) is 0 Å². The normalized spacial score (nSPS) is 17.4. The van der Waals surface area contributed by atoms with E-state index < -0.39 is 9.84 Å². The Balaban J connectivity index is 1.43. The van der Waals surface area contributed by atoms with Gasteiger partial charge in [0, 0.05) is 43.0 Å². The highest BCUT2D eigenvalue weighted by atomic mass is 32.2. The molecule has 0 radical (unpaired) electrons. The Morgan fingerprint density at radius 2 is 1.92 bits per heavy atom. The largest absolute Gasteiger partial charge is 0.350 e. The van der Waals surface area contributed by atoms with E-state index >= 15 is 0 Å². The van der Waals surface area contributed by atoms with Crippen molar-refractivity contribution in [3.05, 3.63) is 36.0 Å². The molecule has 0 amide bonds. The molecule has 1 aromatic carbocycles. The monoisotopic (exact) mass is 363 g/mol. The van der Waals surface area contributed by atoms with Crippen molar-refractivity contribution in [3.63, 3.8) is 0 Å². The predicted octanol–water partition coefficient (Wildman–Crippen LogP) is 1.82. The SMILES string of the molecule is Cn1cc(CCNC2CCN(CCS(C)(=O)=O)CC2)c2ccccc21. The third kappa shape index (κ3) is 5.06. The molecule has 0 aliphatic carbocycles. The third-order valence-corrected chi connectivity index (χ3v) is 6.10. The Morgan fingerprint density at radius 1 is 1.20 bits per heavy atom. The van der Waals surface area contributed by atoms with Crippen LogP contribution in [0.15, 0.2) is 30.5 Å². The van der Waals surface area contributed by atoms with Crippen molar-refractivity contribution in [1.82, 2.24) is 14.8 Å². The maximum atomic E-state index is 11.3. The van der Waals surface area contributed by atoms with Crippen molar-refractivity contribution < 1.29 is 8.42 Å². The van der Waals surface area contributed by atoms with Crippen LogP contribution in [-0.2, 0) is 23.3 Å². The third-order valence-electron chi connectivity index (χ3n) is 5.17. The first-order valence-corrected chi connectivity index (χ1v) is 11.1. The van der Waals surface area contributed by atoms with E-state index in [0.29, 0.717) is 12.6 Å². The van der Waals surface area contributed by atoms with Crippen LogP contribution in [0.2, 0.25) is 0 Å². The van der Waals surface area contributed by atoms with Gasteiger partial charge in [0.25, 0.3) is 0 Å². The van der Waals surface area contributed by atoms with Crippen molar-refractivity contribution >= 4 is 20.7 Å². The number of rotatable bonds is 7. The number of benzene rings is 1. The summed E-state index contributed by atoms with van der Waals surface area (Å²) in [6, 6.07) is 9.10. The lowest BCUT2D eigenvalue weighted by molar-refractivity contribution is 0.208. The molecule has 1 N–H and O–H groups in total. The Bertz CT molecular complexity index is 805. The zero-order chi connectivity index (χ0) is 17.9. The summed E-state index contributed by atoms with van der Waals surface area (Å²) in [7, 11) is -0.754. The van der Waals surface area contributed by atoms with Gasteiger partial charge in [-0.1, -0.05) is 18.2 Å². The fourth-order valence-corrected chi connectivity index (χ4v) is 4.28. The molecule has 0 spiro atoms. The summed E-state index contributed by atoms with van der Waals surface area (Å²) in [5.74, 6) is 0.270. The number of aromatic nitrogens is 1. The molecular formula is C19H29N3O2S. The van der Waals surface area contributed by atoms with Gasteiger partial charge in [-0.15, -0.1) is 0 Å². The van der Waals surface area contributed by atoms with Crippen LogP contribution in [0.4, 0.5) is 0 Å². The second-order valence-corrected chi connectivity index (χ2v) is 9.49. The number of piperidine rings is 1. The topological polar surface area (TPSA) is 54.3 Å². The fraction of sp³-hybridized carbons (Fsp3) is 0.579. The zero-order valence-electron chi connectivity index (χ0n) is 15.2. The van der Waals surface area contributed by atoms with Crippen LogP contribution in [0.5, 0.6) is 0 Å². The van der Waals surface area contributed by atoms with Crippen molar-refractivity contribution in [2.75, 3.05) is 38.2 Å². The van der Waals surface area contributed by atoms with E-state index in [9.17, 15) is 8.42 Å². The lowest BCUT2D eigenvalue weighted by Gasteiger charge is -2.32. The molecule has 138 valence electrons. The van der Waals surface area contributed by atoms with E-state index in [2.05, 4.69) is 52.3 Å². The molecular weight excluding hydrogens is 334 g/mol. The van der Waals surface area contributed by atoms with Crippen molar-refractivity contribution in [1.29, 1.82) is 0 Å². The number of nitrogens with one attached hydrogen (secondary N) is 1. The summed E-state index contributed by atoms with van der Waals surface area (Å²) in [5.41, 5.74) is 2.69. The maximum Gasteiger partial charge on any atom is 0.148 e. The van der Waals surface area contributed by atoms with Crippen LogP contribution in [0, 0.1) is 0 Å². The highest BCUT2D eigenvalue weighted by Crippen LogP contribution is 2.20. The van der Waals surface area contributed by atoms with Gasteiger partial charge >= 0.3 is 0 Å². The number of nitrogens with zero attached hydrogens (tertiary/aromatic N) is 2. The molecule has 1 aliphatic rings. The molecule has 1 aromatic heterocycles. The molecule has 0 atom stereocenters. The van der Waals surface area contributed by atoms with Crippen molar-refractivity contribution in [2.24, 2.45) is 7.05 Å². The minimum absolute atomic E-state index is 0.270. The highest BCUT2D eigenvalue weighted by Gasteiger charge is 2.19. The zero-order valence-corrected chi connectivity index (χ0v) is 16.1. The molecule has 0 unspecified atom stereocenters. The number of sulfone groups is 1. The van der Waals surface area contributed by atoms with Crippen LogP contribution in [0.1, 0.15) is 18.4 Å². The molecule has 5 nitrogen and oxygen atoms in total. The standard InChI is InChI=1S/C19H29N3O2S/c1-21-15-16(18-5-3-4-6-19(18)21)7-10-20-17-8-11-22(12-9-17)13-14-25(2,23)24/h3-6,15,17,20H,7-14H2,1-2H3. The molecule has 25 heavy (non-hydrogen) atoms. The average molecular weight is 364 g/mol. The summed E-state index contributed by atoms with van der Waals surface area (Å²) in [6.07, 6.45) is 6.78. The Morgan fingerprint density at radius 3 is 2.64 bits per heavy atom. The number of fused-ring (bicyclic) bond motifs is 1. The quantitative estimate of drug-likeness (QED) is 0.815. The fourth-order valence-electron chi connectivity index (χ4n) is 3.69. The van der Waals surface area contributed by atoms with Gasteiger partial charge in [0.05, 0.1) is 5.75 Å². The van der Waals surface area contributed by atoms with Gasteiger partial charge in [-0.25, -0.2) is 8.42 Å². The number of para-hydroxylation sites is 1.